The average Bonchev–Trinajstić information content (AvgIpc) is 2.50. The van der Waals surface area contributed by atoms with E-state index in [2.05, 4.69) is 35.3 Å². The van der Waals surface area contributed by atoms with Gasteiger partial charge >= 0.3 is 0 Å². The first-order valence-electron chi connectivity index (χ1n) is 7.41. The van der Waals surface area contributed by atoms with E-state index in [9.17, 15) is 5.11 Å². The van der Waals surface area contributed by atoms with Crippen LogP contribution in [0, 0.1) is 0 Å². The number of pyridine rings is 1. The fraction of sp³-hybridized carbons (Fsp3) is 0.389. The molecule has 1 aliphatic rings. The smallest absolute Gasteiger partial charge is 0.0689 e. The standard InChI is InChI=1S/C18H21NO/c20-18(13-15-5-4-12-19-14-15)10-8-17(9-11-18)16-6-2-1-3-7-16/h1-7,12,14,17,20H,8-11,13H2. The third-order valence-electron chi connectivity index (χ3n) is 4.44. The van der Waals surface area contributed by atoms with Crippen LogP contribution in [0.3, 0.4) is 0 Å². The molecule has 0 spiro atoms. The molecule has 0 aliphatic heterocycles. The minimum atomic E-state index is -0.547. The van der Waals surface area contributed by atoms with E-state index in [-0.39, 0.29) is 0 Å². The van der Waals surface area contributed by atoms with Gasteiger partial charge < -0.3 is 5.11 Å². The first-order valence-corrected chi connectivity index (χ1v) is 7.41. The molecule has 0 bridgehead atoms. The van der Waals surface area contributed by atoms with Crippen LogP contribution >= 0.6 is 0 Å². The van der Waals surface area contributed by atoms with Crippen LogP contribution in [0.2, 0.25) is 0 Å². The molecular formula is C18H21NO. The van der Waals surface area contributed by atoms with Crippen molar-refractivity contribution in [3.05, 3.63) is 66.0 Å². The summed E-state index contributed by atoms with van der Waals surface area (Å²) in [6.07, 6.45) is 8.26. The monoisotopic (exact) mass is 267 g/mol. The quantitative estimate of drug-likeness (QED) is 0.919. The normalized spacial score (nSPS) is 26.4. The second-order valence-electron chi connectivity index (χ2n) is 5.95. The lowest BCUT2D eigenvalue weighted by atomic mass is 9.74. The van der Waals surface area contributed by atoms with Crippen molar-refractivity contribution in [2.24, 2.45) is 0 Å². The average molecular weight is 267 g/mol. The van der Waals surface area contributed by atoms with E-state index in [1.807, 2.05) is 18.3 Å². The van der Waals surface area contributed by atoms with Gasteiger partial charge in [-0.2, -0.15) is 0 Å². The first kappa shape index (κ1) is 13.3. The summed E-state index contributed by atoms with van der Waals surface area (Å²) in [7, 11) is 0. The van der Waals surface area contributed by atoms with Crippen molar-refractivity contribution >= 4 is 0 Å². The molecule has 1 aromatic carbocycles. The van der Waals surface area contributed by atoms with E-state index >= 15 is 0 Å². The van der Waals surface area contributed by atoms with Crippen LogP contribution in [0.25, 0.3) is 0 Å². The van der Waals surface area contributed by atoms with Crippen molar-refractivity contribution in [3.63, 3.8) is 0 Å². The van der Waals surface area contributed by atoms with Crippen LogP contribution in [-0.4, -0.2) is 15.7 Å². The van der Waals surface area contributed by atoms with Crippen molar-refractivity contribution in [1.29, 1.82) is 0 Å². The highest BCUT2D eigenvalue weighted by Gasteiger charge is 2.33. The van der Waals surface area contributed by atoms with Gasteiger partial charge in [-0.05, 0) is 48.8 Å². The number of aliphatic hydroxyl groups is 1. The lowest BCUT2D eigenvalue weighted by Crippen LogP contribution is -2.35. The Hall–Kier alpha value is -1.67. The fourth-order valence-corrected chi connectivity index (χ4v) is 3.27. The maximum Gasteiger partial charge on any atom is 0.0689 e. The van der Waals surface area contributed by atoms with Crippen molar-refractivity contribution < 1.29 is 5.11 Å². The Kier molecular flexibility index (Phi) is 3.83. The highest BCUT2D eigenvalue weighted by atomic mass is 16.3. The number of benzene rings is 1. The van der Waals surface area contributed by atoms with Crippen molar-refractivity contribution in [1.82, 2.24) is 4.98 Å². The summed E-state index contributed by atoms with van der Waals surface area (Å²) < 4.78 is 0. The van der Waals surface area contributed by atoms with Crippen molar-refractivity contribution in [2.45, 2.75) is 43.6 Å². The van der Waals surface area contributed by atoms with E-state index in [0.717, 1.165) is 37.7 Å². The van der Waals surface area contributed by atoms with Crippen molar-refractivity contribution in [3.8, 4) is 0 Å². The second-order valence-corrected chi connectivity index (χ2v) is 5.95. The molecule has 2 nitrogen and oxygen atoms in total. The van der Waals surface area contributed by atoms with E-state index in [1.54, 1.807) is 6.20 Å². The van der Waals surface area contributed by atoms with E-state index < -0.39 is 5.60 Å². The number of aromatic nitrogens is 1. The molecule has 0 saturated heterocycles. The molecule has 0 unspecified atom stereocenters. The highest BCUT2D eigenvalue weighted by molar-refractivity contribution is 5.21. The van der Waals surface area contributed by atoms with E-state index in [0.29, 0.717) is 5.92 Å². The molecule has 1 saturated carbocycles. The molecule has 0 amide bonds. The molecule has 1 fully saturated rings. The van der Waals surface area contributed by atoms with Crippen LogP contribution < -0.4 is 0 Å². The predicted molar refractivity (Wildman–Crippen MR) is 80.5 cm³/mol. The molecule has 1 N–H and O–H groups in total. The summed E-state index contributed by atoms with van der Waals surface area (Å²) in [6.45, 7) is 0. The molecule has 1 aliphatic carbocycles. The Labute approximate surface area is 120 Å². The minimum Gasteiger partial charge on any atom is -0.390 e. The third kappa shape index (κ3) is 3.07. The SMILES string of the molecule is OC1(Cc2cccnc2)CCC(c2ccccc2)CC1. The largest absolute Gasteiger partial charge is 0.390 e. The van der Waals surface area contributed by atoms with Crippen LogP contribution in [0.1, 0.15) is 42.7 Å². The van der Waals surface area contributed by atoms with Gasteiger partial charge in [0.05, 0.1) is 5.60 Å². The van der Waals surface area contributed by atoms with Gasteiger partial charge in [0, 0.05) is 18.8 Å². The lowest BCUT2D eigenvalue weighted by Gasteiger charge is -2.36. The summed E-state index contributed by atoms with van der Waals surface area (Å²) in [5.41, 5.74) is 2.00. The van der Waals surface area contributed by atoms with E-state index in [4.69, 9.17) is 0 Å². The molecule has 1 aromatic heterocycles. The maximum atomic E-state index is 10.8. The summed E-state index contributed by atoms with van der Waals surface area (Å²) in [5, 5.41) is 10.8. The predicted octanol–water partition coefficient (Wildman–Crippen LogP) is 3.71. The van der Waals surface area contributed by atoms with Gasteiger partial charge in [0.15, 0.2) is 0 Å². The summed E-state index contributed by atoms with van der Waals surface area (Å²) in [5.74, 6) is 0.602. The minimum absolute atomic E-state index is 0.547. The lowest BCUT2D eigenvalue weighted by molar-refractivity contribution is -0.000519. The van der Waals surface area contributed by atoms with Gasteiger partial charge in [-0.3, -0.25) is 4.98 Å². The van der Waals surface area contributed by atoms with Crippen LogP contribution in [0.15, 0.2) is 54.9 Å². The van der Waals surface area contributed by atoms with Gasteiger partial charge in [0.2, 0.25) is 0 Å². The molecule has 0 atom stereocenters. The van der Waals surface area contributed by atoms with Crippen LogP contribution in [0.4, 0.5) is 0 Å². The zero-order chi connectivity index (χ0) is 13.8. The molecular weight excluding hydrogens is 246 g/mol. The second kappa shape index (κ2) is 5.76. The maximum absolute atomic E-state index is 10.8. The molecule has 2 heteroatoms. The molecule has 3 rings (SSSR count). The zero-order valence-corrected chi connectivity index (χ0v) is 11.7. The molecule has 2 aromatic rings. The van der Waals surface area contributed by atoms with Crippen LogP contribution in [0.5, 0.6) is 0 Å². The van der Waals surface area contributed by atoms with Gasteiger partial charge in [0.1, 0.15) is 0 Å². The third-order valence-corrected chi connectivity index (χ3v) is 4.44. The van der Waals surface area contributed by atoms with Gasteiger partial charge in [-0.1, -0.05) is 36.4 Å². The number of nitrogens with zero attached hydrogens (tertiary/aromatic N) is 1. The van der Waals surface area contributed by atoms with E-state index in [1.165, 1.54) is 5.56 Å². The van der Waals surface area contributed by atoms with Gasteiger partial charge in [0.25, 0.3) is 0 Å². The Morgan fingerprint density at radius 2 is 1.80 bits per heavy atom. The summed E-state index contributed by atoms with van der Waals surface area (Å²) >= 11 is 0. The topological polar surface area (TPSA) is 33.1 Å². The molecule has 104 valence electrons. The fourth-order valence-electron chi connectivity index (χ4n) is 3.27. The Morgan fingerprint density at radius 1 is 1.05 bits per heavy atom. The molecule has 20 heavy (non-hydrogen) atoms. The zero-order valence-electron chi connectivity index (χ0n) is 11.7. The first-order chi connectivity index (χ1) is 9.75. The number of hydrogen-bond donors (Lipinski definition) is 1. The molecule has 0 radical (unpaired) electrons. The molecule has 1 heterocycles. The van der Waals surface area contributed by atoms with Gasteiger partial charge in [-0.25, -0.2) is 0 Å². The van der Waals surface area contributed by atoms with Gasteiger partial charge in [-0.15, -0.1) is 0 Å². The Morgan fingerprint density at radius 3 is 2.45 bits per heavy atom. The number of hydrogen-bond acceptors (Lipinski definition) is 2. The van der Waals surface area contributed by atoms with Crippen LogP contribution in [-0.2, 0) is 6.42 Å². The Balaban J connectivity index is 1.63. The summed E-state index contributed by atoms with van der Waals surface area (Å²) in [6, 6.07) is 14.7. The van der Waals surface area contributed by atoms with Crippen molar-refractivity contribution in [2.75, 3.05) is 0 Å². The number of rotatable bonds is 3. The Bertz CT molecular complexity index is 530. The highest BCUT2D eigenvalue weighted by Crippen LogP contribution is 2.39. The summed E-state index contributed by atoms with van der Waals surface area (Å²) in [4.78, 5) is 4.13.